The zero-order valence-corrected chi connectivity index (χ0v) is 11.8. The van der Waals surface area contributed by atoms with Gasteiger partial charge in [0, 0.05) is 12.3 Å². The second kappa shape index (κ2) is 5.95. The molecule has 0 saturated carbocycles. The number of aromatic nitrogens is 2. The lowest BCUT2D eigenvalue weighted by atomic mass is 10.2. The van der Waals surface area contributed by atoms with Crippen molar-refractivity contribution in [2.45, 2.75) is 0 Å². The van der Waals surface area contributed by atoms with Crippen LogP contribution in [-0.2, 0) is 0 Å². The van der Waals surface area contributed by atoms with Crippen LogP contribution in [0.3, 0.4) is 0 Å². The third-order valence-electron chi connectivity index (χ3n) is 2.36. The summed E-state index contributed by atoms with van der Waals surface area (Å²) in [6.45, 7) is 0. The summed E-state index contributed by atoms with van der Waals surface area (Å²) < 4.78 is 10.4. The first kappa shape index (κ1) is 13.7. The second-order valence-electron chi connectivity index (χ2n) is 3.52. The van der Waals surface area contributed by atoms with Crippen LogP contribution in [0, 0.1) is 0 Å². The molecular formula is C12H11Cl2N3O2. The van der Waals surface area contributed by atoms with E-state index in [9.17, 15) is 0 Å². The molecule has 7 heteroatoms. The molecule has 0 amide bonds. The molecule has 0 aliphatic rings. The summed E-state index contributed by atoms with van der Waals surface area (Å²) in [5.41, 5.74) is 0.656. The van der Waals surface area contributed by atoms with Gasteiger partial charge in [-0.25, -0.2) is 9.97 Å². The molecule has 0 fully saturated rings. The van der Waals surface area contributed by atoms with Crippen LogP contribution < -0.4 is 14.8 Å². The highest BCUT2D eigenvalue weighted by atomic mass is 35.5. The van der Waals surface area contributed by atoms with E-state index in [1.165, 1.54) is 7.11 Å². The van der Waals surface area contributed by atoms with Gasteiger partial charge in [0.1, 0.15) is 17.3 Å². The average molecular weight is 300 g/mol. The Hall–Kier alpha value is -1.72. The zero-order chi connectivity index (χ0) is 13.8. The van der Waals surface area contributed by atoms with E-state index in [1.54, 1.807) is 31.5 Å². The summed E-state index contributed by atoms with van der Waals surface area (Å²) in [6.07, 6.45) is 1.55. The van der Waals surface area contributed by atoms with Gasteiger partial charge in [0.15, 0.2) is 0 Å². The monoisotopic (exact) mass is 299 g/mol. The minimum atomic E-state index is 0.156. The van der Waals surface area contributed by atoms with Crippen molar-refractivity contribution < 1.29 is 9.47 Å². The largest absolute Gasteiger partial charge is 0.495 e. The third-order valence-corrected chi connectivity index (χ3v) is 2.84. The fourth-order valence-electron chi connectivity index (χ4n) is 1.50. The van der Waals surface area contributed by atoms with E-state index < -0.39 is 0 Å². The molecule has 1 N–H and O–H groups in total. The first-order valence-electron chi connectivity index (χ1n) is 5.31. The number of halogens is 2. The number of nitrogens with zero attached hydrogens (tertiary/aromatic N) is 2. The highest BCUT2D eigenvalue weighted by Gasteiger charge is 2.10. The molecule has 19 heavy (non-hydrogen) atoms. The molecule has 0 spiro atoms. The molecule has 0 aliphatic heterocycles. The minimum Gasteiger partial charge on any atom is -0.495 e. The van der Waals surface area contributed by atoms with Gasteiger partial charge in [-0.1, -0.05) is 11.6 Å². The zero-order valence-electron chi connectivity index (χ0n) is 10.3. The standard InChI is InChI=1S/C12H11Cl2N3O2/c1-18-9-6-10(19-2)8(5-7(9)13)16-11-3-4-15-12(14)17-11/h3-6H,1-2H3,(H,15,16,17). The Balaban J connectivity index is 2.36. The van der Waals surface area contributed by atoms with Gasteiger partial charge in [-0.3, -0.25) is 0 Å². The number of rotatable bonds is 4. The van der Waals surface area contributed by atoms with Crippen molar-refractivity contribution in [2.75, 3.05) is 19.5 Å². The lowest BCUT2D eigenvalue weighted by molar-refractivity contribution is 0.396. The molecule has 1 aromatic heterocycles. The quantitative estimate of drug-likeness (QED) is 0.875. The molecular weight excluding hydrogens is 289 g/mol. The molecule has 0 radical (unpaired) electrons. The minimum absolute atomic E-state index is 0.156. The number of nitrogens with one attached hydrogen (secondary N) is 1. The Kier molecular flexibility index (Phi) is 4.29. The van der Waals surface area contributed by atoms with Gasteiger partial charge in [0.05, 0.1) is 24.9 Å². The van der Waals surface area contributed by atoms with Crippen LogP contribution in [0.4, 0.5) is 11.5 Å². The van der Waals surface area contributed by atoms with Crippen LogP contribution >= 0.6 is 23.2 Å². The molecule has 0 unspecified atom stereocenters. The molecule has 100 valence electrons. The highest BCUT2D eigenvalue weighted by Crippen LogP contribution is 2.37. The molecule has 5 nitrogen and oxygen atoms in total. The number of hydrogen-bond donors (Lipinski definition) is 1. The van der Waals surface area contributed by atoms with Gasteiger partial charge in [-0.15, -0.1) is 0 Å². The van der Waals surface area contributed by atoms with Crippen molar-refractivity contribution in [3.63, 3.8) is 0 Å². The second-order valence-corrected chi connectivity index (χ2v) is 4.27. The molecule has 2 aromatic rings. The fraction of sp³-hybridized carbons (Fsp3) is 0.167. The van der Waals surface area contributed by atoms with E-state index in [0.29, 0.717) is 28.0 Å². The van der Waals surface area contributed by atoms with Crippen LogP contribution in [0.15, 0.2) is 24.4 Å². The Morgan fingerprint density at radius 3 is 2.47 bits per heavy atom. The Labute approximate surface area is 120 Å². The molecule has 0 saturated heterocycles. The summed E-state index contributed by atoms with van der Waals surface area (Å²) in [4.78, 5) is 7.84. The van der Waals surface area contributed by atoms with Crippen LogP contribution in [-0.4, -0.2) is 24.2 Å². The van der Waals surface area contributed by atoms with Gasteiger partial charge in [0.2, 0.25) is 5.28 Å². The van der Waals surface area contributed by atoms with Crippen molar-refractivity contribution in [3.05, 3.63) is 34.7 Å². The molecule has 2 rings (SSSR count). The van der Waals surface area contributed by atoms with Crippen LogP contribution in [0.1, 0.15) is 0 Å². The normalized spacial score (nSPS) is 10.1. The first-order chi connectivity index (χ1) is 9.13. The fourth-order valence-corrected chi connectivity index (χ4v) is 1.89. The summed E-state index contributed by atoms with van der Waals surface area (Å²) >= 11 is 11.8. The number of benzene rings is 1. The predicted octanol–water partition coefficient (Wildman–Crippen LogP) is 3.54. The van der Waals surface area contributed by atoms with Gasteiger partial charge < -0.3 is 14.8 Å². The number of ether oxygens (including phenoxy) is 2. The lowest BCUT2D eigenvalue weighted by Crippen LogP contribution is -1.98. The topological polar surface area (TPSA) is 56.3 Å². The smallest absolute Gasteiger partial charge is 0.224 e. The Morgan fingerprint density at radius 1 is 1.11 bits per heavy atom. The SMILES string of the molecule is COc1cc(OC)c(Nc2ccnc(Cl)n2)cc1Cl. The van der Waals surface area contributed by atoms with E-state index in [4.69, 9.17) is 32.7 Å². The van der Waals surface area contributed by atoms with Crippen LogP contribution in [0.5, 0.6) is 11.5 Å². The van der Waals surface area contributed by atoms with Crippen molar-refractivity contribution in [1.29, 1.82) is 0 Å². The molecule has 0 atom stereocenters. The number of anilines is 2. The molecule has 1 heterocycles. The summed E-state index contributed by atoms with van der Waals surface area (Å²) in [6, 6.07) is 5.06. The molecule has 1 aromatic carbocycles. The maximum Gasteiger partial charge on any atom is 0.224 e. The maximum absolute atomic E-state index is 6.08. The highest BCUT2D eigenvalue weighted by molar-refractivity contribution is 6.32. The molecule has 0 bridgehead atoms. The van der Waals surface area contributed by atoms with Gasteiger partial charge in [-0.05, 0) is 23.7 Å². The van der Waals surface area contributed by atoms with Crippen LogP contribution in [0.25, 0.3) is 0 Å². The van der Waals surface area contributed by atoms with Crippen LogP contribution in [0.2, 0.25) is 10.3 Å². The van der Waals surface area contributed by atoms with Crippen molar-refractivity contribution in [3.8, 4) is 11.5 Å². The summed E-state index contributed by atoms with van der Waals surface area (Å²) in [5.74, 6) is 1.65. The average Bonchev–Trinajstić information content (AvgIpc) is 2.39. The van der Waals surface area contributed by atoms with E-state index in [0.717, 1.165) is 0 Å². The Bertz CT molecular complexity index is 593. The van der Waals surface area contributed by atoms with E-state index >= 15 is 0 Å². The van der Waals surface area contributed by atoms with Gasteiger partial charge >= 0.3 is 0 Å². The van der Waals surface area contributed by atoms with Crippen molar-refractivity contribution in [1.82, 2.24) is 9.97 Å². The number of hydrogen-bond acceptors (Lipinski definition) is 5. The first-order valence-corrected chi connectivity index (χ1v) is 6.06. The number of methoxy groups -OCH3 is 2. The van der Waals surface area contributed by atoms with E-state index in [-0.39, 0.29) is 5.28 Å². The van der Waals surface area contributed by atoms with Gasteiger partial charge in [-0.2, -0.15) is 0 Å². The Morgan fingerprint density at radius 2 is 1.84 bits per heavy atom. The predicted molar refractivity (Wildman–Crippen MR) is 74.9 cm³/mol. The maximum atomic E-state index is 6.08. The lowest BCUT2D eigenvalue weighted by Gasteiger charge is -2.13. The van der Waals surface area contributed by atoms with E-state index in [1.807, 2.05) is 0 Å². The van der Waals surface area contributed by atoms with Crippen molar-refractivity contribution in [2.24, 2.45) is 0 Å². The summed E-state index contributed by atoms with van der Waals surface area (Å²) in [7, 11) is 3.10. The van der Waals surface area contributed by atoms with E-state index in [2.05, 4.69) is 15.3 Å². The third kappa shape index (κ3) is 3.19. The van der Waals surface area contributed by atoms with Gasteiger partial charge in [0.25, 0.3) is 0 Å². The summed E-state index contributed by atoms with van der Waals surface area (Å²) in [5, 5.41) is 3.68. The molecule has 0 aliphatic carbocycles. The van der Waals surface area contributed by atoms with Crippen molar-refractivity contribution >= 4 is 34.7 Å².